The first kappa shape index (κ1) is 11.3. The van der Waals surface area contributed by atoms with Gasteiger partial charge in [-0.2, -0.15) is 5.10 Å². The van der Waals surface area contributed by atoms with Crippen molar-refractivity contribution >= 4 is 5.78 Å². The Hall–Kier alpha value is -1.16. The Kier molecular flexibility index (Phi) is 3.72. The number of rotatable bonds is 4. The van der Waals surface area contributed by atoms with Gasteiger partial charge in [-0.3, -0.25) is 9.48 Å². The summed E-state index contributed by atoms with van der Waals surface area (Å²) in [4.78, 5) is 11.1. The number of Topliss-reactive ketones (excluding diaryl/α,β-unsaturated/α-hetero) is 1. The number of ketones is 1. The predicted octanol–water partition coefficient (Wildman–Crippen LogP) is 1.93. The van der Waals surface area contributed by atoms with Crippen LogP contribution in [0.15, 0.2) is 12.4 Å². The van der Waals surface area contributed by atoms with Crippen molar-refractivity contribution in [2.45, 2.75) is 51.9 Å². The monoisotopic (exact) mass is 222 g/mol. The number of aryl methyl sites for hydroxylation is 1. The fraction of sp³-hybridized carbons (Fsp3) is 0.667. The van der Waals surface area contributed by atoms with Gasteiger partial charge in [0.25, 0.3) is 0 Å². The van der Waals surface area contributed by atoms with E-state index in [1.54, 1.807) is 0 Å². The van der Waals surface area contributed by atoms with Crippen LogP contribution < -0.4 is 0 Å². The van der Waals surface area contributed by atoms with E-state index < -0.39 is 0 Å². The van der Waals surface area contributed by atoms with E-state index in [0.717, 1.165) is 24.9 Å². The minimum absolute atomic E-state index is 0.252. The Morgan fingerprint density at radius 2 is 2.25 bits per heavy atom. The summed E-state index contributed by atoms with van der Waals surface area (Å²) in [5, 5.41) is 4.19. The van der Waals surface area contributed by atoms with Crippen LogP contribution in [0.1, 0.15) is 38.2 Å². The Morgan fingerprint density at radius 1 is 1.50 bits per heavy atom. The molecule has 0 saturated heterocycles. The van der Waals surface area contributed by atoms with Crippen molar-refractivity contribution in [3.05, 3.63) is 18.0 Å². The molecular formula is C12H18N2O2. The summed E-state index contributed by atoms with van der Waals surface area (Å²) in [5.41, 5.74) is 1.11. The lowest BCUT2D eigenvalue weighted by Crippen LogP contribution is -2.21. The van der Waals surface area contributed by atoms with Crippen molar-refractivity contribution in [2.24, 2.45) is 0 Å². The molecule has 1 aromatic rings. The van der Waals surface area contributed by atoms with E-state index in [4.69, 9.17) is 4.74 Å². The smallest absolute Gasteiger partial charge is 0.133 e. The molecule has 4 heteroatoms. The third kappa shape index (κ3) is 2.92. The van der Waals surface area contributed by atoms with Gasteiger partial charge in [0.2, 0.25) is 0 Å². The molecule has 0 amide bonds. The lowest BCUT2D eigenvalue weighted by atomic mass is 9.96. The summed E-state index contributed by atoms with van der Waals surface area (Å²) in [5.74, 6) is 0.374. The van der Waals surface area contributed by atoms with E-state index in [1.807, 2.05) is 17.1 Å². The summed E-state index contributed by atoms with van der Waals surface area (Å²) in [6.07, 6.45) is 7.22. The maximum absolute atomic E-state index is 11.1. The average Bonchev–Trinajstić information content (AvgIpc) is 2.76. The zero-order valence-corrected chi connectivity index (χ0v) is 9.69. The number of aromatic nitrogens is 2. The highest BCUT2D eigenvalue weighted by Gasteiger charge is 2.19. The highest BCUT2D eigenvalue weighted by Crippen LogP contribution is 2.19. The zero-order valence-electron chi connectivity index (χ0n) is 9.69. The van der Waals surface area contributed by atoms with Crippen LogP contribution in [-0.2, 0) is 22.7 Å². The van der Waals surface area contributed by atoms with E-state index in [0.29, 0.717) is 25.2 Å². The molecule has 1 aromatic heterocycles. The van der Waals surface area contributed by atoms with Gasteiger partial charge in [0.1, 0.15) is 5.78 Å². The molecule has 0 radical (unpaired) electrons. The molecule has 0 atom stereocenters. The molecule has 2 rings (SSSR count). The number of nitrogens with zero attached hydrogens (tertiary/aromatic N) is 2. The number of hydrogen-bond acceptors (Lipinski definition) is 3. The molecule has 16 heavy (non-hydrogen) atoms. The van der Waals surface area contributed by atoms with Crippen LogP contribution >= 0.6 is 0 Å². The largest absolute Gasteiger partial charge is 0.373 e. The summed E-state index contributed by atoms with van der Waals surface area (Å²) in [7, 11) is 0. The topological polar surface area (TPSA) is 44.1 Å². The number of carbonyl (C=O) groups excluding carboxylic acids is 1. The maximum atomic E-state index is 11.1. The SMILES string of the molecule is CCn1cc(COC2CCC(=O)CC2)cn1. The summed E-state index contributed by atoms with van der Waals surface area (Å²) < 4.78 is 7.66. The van der Waals surface area contributed by atoms with Gasteiger partial charge in [0, 0.05) is 31.1 Å². The van der Waals surface area contributed by atoms with Crippen molar-refractivity contribution in [2.75, 3.05) is 0 Å². The van der Waals surface area contributed by atoms with Crippen molar-refractivity contribution < 1.29 is 9.53 Å². The minimum Gasteiger partial charge on any atom is -0.373 e. The highest BCUT2D eigenvalue weighted by molar-refractivity contribution is 5.79. The van der Waals surface area contributed by atoms with E-state index in [1.165, 1.54) is 0 Å². The third-order valence-electron chi connectivity index (χ3n) is 2.99. The second-order valence-corrected chi connectivity index (χ2v) is 4.25. The molecule has 0 bridgehead atoms. The molecule has 1 heterocycles. The van der Waals surface area contributed by atoms with Gasteiger partial charge < -0.3 is 4.74 Å². The van der Waals surface area contributed by atoms with Crippen LogP contribution in [0.25, 0.3) is 0 Å². The third-order valence-corrected chi connectivity index (χ3v) is 2.99. The van der Waals surface area contributed by atoms with Crippen LogP contribution in [0.4, 0.5) is 0 Å². The van der Waals surface area contributed by atoms with Crippen molar-refractivity contribution in [1.82, 2.24) is 9.78 Å². The first-order chi connectivity index (χ1) is 7.78. The normalized spacial score (nSPS) is 17.9. The quantitative estimate of drug-likeness (QED) is 0.782. The second kappa shape index (κ2) is 5.25. The van der Waals surface area contributed by atoms with Gasteiger partial charge >= 0.3 is 0 Å². The molecule has 4 nitrogen and oxygen atoms in total. The van der Waals surface area contributed by atoms with Gasteiger partial charge in [0.15, 0.2) is 0 Å². The van der Waals surface area contributed by atoms with Crippen LogP contribution in [0.5, 0.6) is 0 Å². The molecule has 0 aliphatic heterocycles. The van der Waals surface area contributed by atoms with Gasteiger partial charge in [-0.25, -0.2) is 0 Å². The van der Waals surface area contributed by atoms with Crippen molar-refractivity contribution in [3.8, 4) is 0 Å². The lowest BCUT2D eigenvalue weighted by molar-refractivity contribution is -0.123. The van der Waals surface area contributed by atoms with E-state index in [-0.39, 0.29) is 6.10 Å². The predicted molar refractivity (Wildman–Crippen MR) is 60.0 cm³/mol. The molecule has 0 aromatic carbocycles. The van der Waals surface area contributed by atoms with Crippen molar-refractivity contribution in [1.29, 1.82) is 0 Å². The fourth-order valence-corrected chi connectivity index (χ4v) is 1.95. The molecule has 0 spiro atoms. The van der Waals surface area contributed by atoms with Crippen LogP contribution in [-0.4, -0.2) is 21.7 Å². The molecule has 1 saturated carbocycles. The van der Waals surface area contributed by atoms with Gasteiger partial charge in [-0.1, -0.05) is 0 Å². The molecular weight excluding hydrogens is 204 g/mol. The first-order valence-electron chi connectivity index (χ1n) is 5.92. The molecule has 1 aliphatic rings. The highest BCUT2D eigenvalue weighted by atomic mass is 16.5. The van der Waals surface area contributed by atoms with Gasteiger partial charge in [0.05, 0.1) is 18.9 Å². The summed E-state index contributed by atoms with van der Waals surface area (Å²) >= 11 is 0. The number of carbonyl (C=O) groups is 1. The van der Waals surface area contributed by atoms with Crippen molar-refractivity contribution in [3.63, 3.8) is 0 Å². The zero-order chi connectivity index (χ0) is 11.4. The van der Waals surface area contributed by atoms with Gasteiger partial charge in [-0.05, 0) is 19.8 Å². The molecule has 1 fully saturated rings. The number of hydrogen-bond donors (Lipinski definition) is 0. The Labute approximate surface area is 95.6 Å². The first-order valence-corrected chi connectivity index (χ1v) is 5.92. The van der Waals surface area contributed by atoms with Crippen LogP contribution in [0.3, 0.4) is 0 Å². The Balaban J connectivity index is 1.76. The minimum atomic E-state index is 0.252. The average molecular weight is 222 g/mol. The van der Waals surface area contributed by atoms with Crippen LogP contribution in [0, 0.1) is 0 Å². The molecule has 88 valence electrons. The molecule has 1 aliphatic carbocycles. The second-order valence-electron chi connectivity index (χ2n) is 4.25. The van der Waals surface area contributed by atoms with E-state index in [9.17, 15) is 4.79 Å². The lowest BCUT2D eigenvalue weighted by Gasteiger charge is -2.20. The summed E-state index contributed by atoms with van der Waals surface area (Å²) in [6.45, 7) is 3.56. The van der Waals surface area contributed by atoms with E-state index in [2.05, 4.69) is 12.0 Å². The van der Waals surface area contributed by atoms with Gasteiger partial charge in [-0.15, -0.1) is 0 Å². The Bertz CT molecular complexity index is 350. The summed E-state index contributed by atoms with van der Waals surface area (Å²) in [6, 6.07) is 0. The maximum Gasteiger partial charge on any atom is 0.133 e. The standard InChI is InChI=1S/C12H18N2O2/c1-2-14-8-10(7-13-14)9-16-12-5-3-11(15)4-6-12/h7-8,12H,2-6,9H2,1H3. The molecule has 0 unspecified atom stereocenters. The van der Waals surface area contributed by atoms with Crippen LogP contribution in [0.2, 0.25) is 0 Å². The Morgan fingerprint density at radius 3 is 2.88 bits per heavy atom. The number of ether oxygens (including phenoxy) is 1. The van der Waals surface area contributed by atoms with E-state index >= 15 is 0 Å². The fourth-order valence-electron chi connectivity index (χ4n) is 1.95. The molecule has 0 N–H and O–H groups in total.